The Balaban J connectivity index is 0.00000107. The number of anilines is 1. The lowest BCUT2D eigenvalue weighted by atomic mass is 10.2. The number of sulfonamides is 1. The van der Waals surface area contributed by atoms with Crippen molar-refractivity contribution in [1.29, 1.82) is 5.26 Å². The van der Waals surface area contributed by atoms with E-state index in [0.29, 0.717) is 6.07 Å². The van der Waals surface area contributed by atoms with E-state index >= 15 is 0 Å². The molecule has 0 atom stereocenters. The van der Waals surface area contributed by atoms with Crippen LogP contribution in [-0.4, -0.2) is 25.0 Å². The normalized spacial score (nSPS) is 10.3. The molecular formula is C19H12F3N3O5S. The number of hydrogen-bond acceptors (Lipinski definition) is 6. The minimum atomic E-state index is -4.12. The fraction of sp³-hybridized carbons (Fsp3) is 0. The molecule has 3 rings (SSSR count). The smallest absolute Gasteiger partial charge is 0.290 e. The van der Waals surface area contributed by atoms with E-state index in [0.717, 1.165) is 42.6 Å². The summed E-state index contributed by atoms with van der Waals surface area (Å²) in [6, 6.07) is 9.74. The summed E-state index contributed by atoms with van der Waals surface area (Å²) >= 11 is 0. The highest BCUT2D eigenvalue weighted by atomic mass is 32.2. The van der Waals surface area contributed by atoms with Crippen LogP contribution in [0.15, 0.2) is 59.6 Å². The summed E-state index contributed by atoms with van der Waals surface area (Å²) in [7, 11) is -4.12. The Bertz CT molecular complexity index is 1210. The van der Waals surface area contributed by atoms with Gasteiger partial charge in [-0.3, -0.25) is 9.52 Å². The van der Waals surface area contributed by atoms with Crippen molar-refractivity contribution in [2.24, 2.45) is 0 Å². The topological polar surface area (TPSA) is 129 Å². The average Bonchev–Trinajstić information content (AvgIpc) is 2.69. The first-order valence-corrected chi connectivity index (χ1v) is 9.57. The van der Waals surface area contributed by atoms with Crippen LogP contribution >= 0.6 is 0 Å². The van der Waals surface area contributed by atoms with Gasteiger partial charge in [0.05, 0.1) is 16.7 Å². The lowest BCUT2D eigenvalue weighted by Crippen LogP contribution is -2.14. The maximum absolute atomic E-state index is 13.3. The Morgan fingerprint density at radius 1 is 1.03 bits per heavy atom. The largest absolute Gasteiger partial charge is 0.483 e. The molecule has 0 radical (unpaired) electrons. The van der Waals surface area contributed by atoms with Crippen molar-refractivity contribution in [3.8, 4) is 17.6 Å². The Labute approximate surface area is 174 Å². The van der Waals surface area contributed by atoms with Crippen LogP contribution in [0.25, 0.3) is 0 Å². The van der Waals surface area contributed by atoms with Crippen LogP contribution in [0.5, 0.6) is 11.5 Å². The summed E-state index contributed by atoms with van der Waals surface area (Å²) in [5.74, 6) is -2.78. The first-order chi connectivity index (χ1) is 14.7. The number of pyridine rings is 1. The van der Waals surface area contributed by atoms with Crippen molar-refractivity contribution in [3.63, 3.8) is 0 Å². The van der Waals surface area contributed by atoms with E-state index in [1.54, 1.807) is 6.07 Å². The van der Waals surface area contributed by atoms with Crippen molar-refractivity contribution >= 4 is 22.3 Å². The Morgan fingerprint density at radius 2 is 1.68 bits per heavy atom. The minimum absolute atomic E-state index is 0.0913. The van der Waals surface area contributed by atoms with Crippen LogP contribution < -0.4 is 9.46 Å². The van der Waals surface area contributed by atoms with Gasteiger partial charge in [0.1, 0.15) is 40.8 Å². The lowest BCUT2D eigenvalue weighted by molar-refractivity contribution is -0.122. The van der Waals surface area contributed by atoms with Crippen LogP contribution in [0, 0.1) is 28.8 Å². The number of hydrogen-bond donors (Lipinski definition) is 2. The summed E-state index contributed by atoms with van der Waals surface area (Å²) in [5, 5.41) is 16.2. The van der Waals surface area contributed by atoms with Crippen LogP contribution in [0.4, 0.5) is 19.0 Å². The number of benzene rings is 2. The molecule has 0 aliphatic carbocycles. The lowest BCUT2D eigenvalue weighted by Gasteiger charge is -2.11. The van der Waals surface area contributed by atoms with E-state index in [9.17, 15) is 26.9 Å². The molecule has 0 amide bonds. The van der Waals surface area contributed by atoms with Gasteiger partial charge in [0, 0.05) is 18.2 Å². The number of nitrogens with zero attached hydrogens (tertiary/aromatic N) is 2. The monoisotopic (exact) mass is 451 g/mol. The fourth-order valence-corrected chi connectivity index (χ4v) is 3.23. The van der Waals surface area contributed by atoms with E-state index in [2.05, 4.69) is 9.71 Å². The quantitative estimate of drug-likeness (QED) is 0.566. The van der Waals surface area contributed by atoms with Gasteiger partial charge in [-0.05, 0) is 30.3 Å². The molecule has 160 valence electrons. The second-order valence-corrected chi connectivity index (χ2v) is 7.23. The Kier molecular flexibility index (Phi) is 7.53. The zero-order valence-corrected chi connectivity index (χ0v) is 16.1. The predicted molar refractivity (Wildman–Crippen MR) is 101 cm³/mol. The first kappa shape index (κ1) is 23.2. The molecular weight excluding hydrogens is 439 g/mol. The maximum atomic E-state index is 13.3. The van der Waals surface area contributed by atoms with Gasteiger partial charge < -0.3 is 9.84 Å². The summed E-state index contributed by atoms with van der Waals surface area (Å²) in [6.07, 6.45) is 0.841. The SMILES string of the molecule is N#Cc1cc(S(=O)(=O)Nc2ccc(F)cn2)ccc1Oc1cc(F)cc(F)c1.O=CO. The van der Waals surface area contributed by atoms with Gasteiger partial charge in [-0.25, -0.2) is 26.6 Å². The third-order valence-corrected chi connectivity index (χ3v) is 4.76. The summed E-state index contributed by atoms with van der Waals surface area (Å²) < 4.78 is 71.7. The highest BCUT2D eigenvalue weighted by molar-refractivity contribution is 7.92. The Morgan fingerprint density at radius 3 is 2.23 bits per heavy atom. The molecule has 0 saturated heterocycles. The predicted octanol–water partition coefficient (Wildman–Crippen LogP) is 3.66. The van der Waals surface area contributed by atoms with E-state index in [1.807, 2.05) is 0 Å². The molecule has 2 N–H and O–H groups in total. The summed E-state index contributed by atoms with van der Waals surface area (Å²) in [5.41, 5.74) is -0.181. The molecule has 0 fully saturated rings. The number of halogens is 3. The number of aromatic nitrogens is 1. The second-order valence-electron chi connectivity index (χ2n) is 5.55. The van der Waals surface area contributed by atoms with E-state index in [4.69, 9.17) is 14.6 Å². The standard InChI is InChI=1S/C18H10F3N3O3S.CH2O2/c19-12-1-4-18(23-10-12)24-28(25,26)16-2-3-17(11(5-16)9-22)27-15-7-13(20)6-14(21)8-15;2-1-3/h1-8,10H,(H,23,24);1H,(H,2,3). The van der Waals surface area contributed by atoms with E-state index < -0.39 is 27.5 Å². The van der Waals surface area contributed by atoms with Gasteiger partial charge in [0.25, 0.3) is 16.5 Å². The third kappa shape index (κ3) is 6.44. The molecule has 3 aromatic rings. The number of nitrogens with one attached hydrogen (secondary N) is 1. The van der Waals surface area contributed by atoms with Crippen LogP contribution in [0.3, 0.4) is 0 Å². The number of carbonyl (C=O) groups is 1. The molecule has 0 aliphatic heterocycles. The van der Waals surface area contributed by atoms with Gasteiger partial charge in [0.2, 0.25) is 0 Å². The van der Waals surface area contributed by atoms with Crippen LogP contribution in [-0.2, 0) is 14.8 Å². The molecule has 0 aliphatic rings. The van der Waals surface area contributed by atoms with Crippen molar-refractivity contribution < 1.29 is 36.2 Å². The van der Waals surface area contributed by atoms with Crippen molar-refractivity contribution in [3.05, 3.63) is 77.7 Å². The van der Waals surface area contributed by atoms with Gasteiger partial charge in [-0.1, -0.05) is 0 Å². The number of rotatable bonds is 5. The molecule has 0 bridgehead atoms. The molecule has 1 aromatic heterocycles. The maximum Gasteiger partial charge on any atom is 0.290 e. The highest BCUT2D eigenvalue weighted by Crippen LogP contribution is 2.28. The van der Waals surface area contributed by atoms with Gasteiger partial charge in [0.15, 0.2) is 0 Å². The number of carboxylic acid groups (broad SMARTS) is 1. The van der Waals surface area contributed by atoms with Crippen molar-refractivity contribution in [2.75, 3.05) is 4.72 Å². The number of nitriles is 1. The van der Waals surface area contributed by atoms with Gasteiger partial charge in [-0.2, -0.15) is 5.26 Å². The average molecular weight is 451 g/mol. The van der Waals surface area contributed by atoms with Gasteiger partial charge in [-0.15, -0.1) is 0 Å². The zero-order valence-electron chi connectivity index (χ0n) is 15.3. The molecule has 12 heteroatoms. The third-order valence-electron chi connectivity index (χ3n) is 3.41. The van der Waals surface area contributed by atoms with E-state index in [-0.39, 0.29) is 34.2 Å². The highest BCUT2D eigenvalue weighted by Gasteiger charge is 2.18. The van der Waals surface area contributed by atoms with Gasteiger partial charge >= 0.3 is 0 Å². The molecule has 1 heterocycles. The fourth-order valence-electron chi connectivity index (χ4n) is 2.20. The molecule has 8 nitrogen and oxygen atoms in total. The number of ether oxygens (including phenoxy) is 1. The van der Waals surface area contributed by atoms with Crippen molar-refractivity contribution in [2.45, 2.75) is 4.90 Å². The van der Waals surface area contributed by atoms with Crippen LogP contribution in [0.1, 0.15) is 5.56 Å². The summed E-state index contributed by atoms with van der Waals surface area (Å²) in [4.78, 5) is 11.7. The molecule has 0 spiro atoms. The summed E-state index contributed by atoms with van der Waals surface area (Å²) in [6.45, 7) is -0.250. The Hall–Kier alpha value is -4.11. The molecule has 31 heavy (non-hydrogen) atoms. The molecule has 0 unspecified atom stereocenters. The van der Waals surface area contributed by atoms with E-state index in [1.165, 1.54) is 6.07 Å². The molecule has 2 aromatic carbocycles. The first-order valence-electron chi connectivity index (χ1n) is 8.09. The van der Waals surface area contributed by atoms with Crippen LogP contribution in [0.2, 0.25) is 0 Å². The zero-order chi connectivity index (χ0) is 23.0. The minimum Gasteiger partial charge on any atom is -0.483 e. The second kappa shape index (κ2) is 10.1. The molecule has 0 saturated carbocycles. The van der Waals surface area contributed by atoms with Crippen molar-refractivity contribution in [1.82, 2.24) is 4.98 Å².